The predicted octanol–water partition coefficient (Wildman–Crippen LogP) is 3.08. The largest absolute Gasteiger partial charge is 0.362 e. The summed E-state index contributed by atoms with van der Waals surface area (Å²) in [6.07, 6.45) is 3.16. The number of nitrogens with zero attached hydrogens (tertiary/aromatic N) is 2. The van der Waals surface area contributed by atoms with E-state index in [0.717, 1.165) is 20.7 Å². The highest BCUT2D eigenvalue weighted by atomic mass is 32.2. The molecule has 23 heavy (non-hydrogen) atoms. The average Bonchev–Trinajstić information content (AvgIpc) is 3.12. The fraction of sp³-hybridized carbons (Fsp3) is 0.125. The lowest BCUT2D eigenvalue weighted by atomic mass is 10.2. The Morgan fingerprint density at radius 1 is 1.17 bits per heavy atom. The van der Waals surface area contributed by atoms with Gasteiger partial charge in [-0.25, -0.2) is 18.4 Å². The number of fused-ring (bicyclic) bond motifs is 1. The van der Waals surface area contributed by atoms with Crippen molar-refractivity contribution in [2.24, 2.45) is 0 Å². The highest BCUT2D eigenvalue weighted by Crippen LogP contribution is 2.35. The van der Waals surface area contributed by atoms with Crippen molar-refractivity contribution in [3.05, 3.63) is 54.2 Å². The average molecular weight is 343 g/mol. The van der Waals surface area contributed by atoms with E-state index in [-0.39, 0.29) is 11.8 Å². The Kier molecular flexibility index (Phi) is 3.39. The molecular formula is C16H13N3O2S2. The van der Waals surface area contributed by atoms with Crippen LogP contribution in [-0.4, -0.2) is 30.2 Å². The molecule has 0 spiro atoms. The zero-order chi connectivity index (χ0) is 15.9. The molecule has 0 saturated carbocycles. The molecule has 0 amide bonds. The number of anilines is 1. The molecule has 3 aromatic rings. The third-order valence-electron chi connectivity index (χ3n) is 3.64. The standard InChI is InChI=1S/C16H13N3O2S2/c20-23(21)7-6-12(9-23)19-15-13-8-14(11-4-2-1-3-5-11)22-16(13)18-10-17-15/h1-8,10,12H,9H2,(H,17,18,19). The molecule has 5 nitrogen and oxygen atoms in total. The van der Waals surface area contributed by atoms with Crippen LogP contribution in [0.4, 0.5) is 5.82 Å². The molecule has 2 aromatic heterocycles. The van der Waals surface area contributed by atoms with Crippen molar-refractivity contribution in [3.8, 4) is 10.4 Å². The fourth-order valence-electron chi connectivity index (χ4n) is 2.56. The lowest BCUT2D eigenvalue weighted by Crippen LogP contribution is -2.21. The molecule has 1 atom stereocenters. The number of hydrogen-bond donors (Lipinski definition) is 1. The first-order valence-electron chi connectivity index (χ1n) is 7.08. The Bertz CT molecular complexity index is 995. The van der Waals surface area contributed by atoms with Crippen molar-refractivity contribution < 1.29 is 8.42 Å². The number of hydrogen-bond acceptors (Lipinski definition) is 6. The molecule has 7 heteroatoms. The summed E-state index contributed by atoms with van der Waals surface area (Å²) in [6, 6.07) is 11.9. The van der Waals surface area contributed by atoms with Crippen LogP contribution in [0.25, 0.3) is 20.7 Å². The minimum Gasteiger partial charge on any atom is -0.362 e. The molecule has 4 rings (SSSR count). The number of aromatic nitrogens is 2. The van der Waals surface area contributed by atoms with Crippen LogP contribution < -0.4 is 5.32 Å². The summed E-state index contributed by atoms with van der Waals surface area (Å²) in [5.41, 5.74) is 1.13. The number of rotatable bonds is 3. The number of benzene rings is 1. The van der Waals surface area contributed by atoms with Crippen LogP contribution >= 0.6 is 11.3 Å². The second-order valence-corrected chi connectivity index (χ2v) is 8.29. The Labute approximate surface area is 137 Å². The maximum atomic E-state index is 11.5. The summed E-state index contributed by atoms with van der Waals surface area (Å²) in [6.45, 7) is 0. The van der Waals surface area contributed by atoms with Gasteiger partial charge in [0.15, 0.2) is 9.84 Å². The van der Waals surface area contributed by atoms with Crippen LogP contribution in [0.2, 0.25) is 0 Å². The van der Waals surface area contributed by atoms with E-state index in [2.05, 4.69) is 27.4 Å². The molecule has 1 unspecified atom stereocenters. The topological polar surface area (TPSA) is 72.0 Å². The van der Waals surface area contributed by atoms with Gasteiger partial charge in [-0.3, -0.25) is 0 Å². The van der Waals surface area contributed by atoms with Crippen molar-refractivity contribution in [1.82, 2.24) is 9.97 Å². The van der Waals surface area contributed by atoms with Gasteiger partial charge in [-0.15, -0.1) is 11.3 Å². The van der Waals surface area contributed by atoms with E-state index < -0.39 is 9.84 Å². The van der Waals surface area contributed by atoms with Gasteiger partial charge >= 0.3 is 0 Å². The lowest BCUT2D eigenvalue weighted by Gasteiger charge is -2.10. The predicted molar refractivity (Wildman–Crippen MR) is 93.2 cm³/mol. The first kappa shape index (κ1) is 14.3. The molecule has 0 radical (unpaired) electrons. The first-order valence-corrected chi connectivity index (χ1v) is 9.61. The zero-order valence-electron chi connectivity index (χ0n) is 12.0. The molecule has 3 heterocycles. The maximum absolute atomic E-state index is 11.5. The molecule has 0 saturated heterocycles. The zero-order valence-corrected chi connectivity index (χ0v) is 13.6. The molecule has 0 aliphatic carbocycles. The minimum atomic E-state index is -3.09. The third-order valence-corrected chi connectivity index (χ3v) is 6.13. The van der Waals surface area contributed by atoms with E-state index in [0.29, 0.717) is 5.82 Å². The molecule has 1 aromatic carbocycles. The smallest absolute Gasteiger partial charge is 0.173 e. The molecule has 116 valence electrons. The van der Waals surface area contributed by atoms with E-state index in [1.54, 1.807) is 17.4 Å². The maximum Gasteiger partial charge on any atom is 0.173 e. The minimum absolute atomic E-state index is 0.0637. The third kappa shape index (κ3) is 2.85. The molecule has 0 bridgehead atoms. The quantitative estimate of drug-likeness (QED) is 0.791. The molecule has 1 aliphatic rings. The van der Waals surface area contributed by atoms with E-state index in [4.69, 9.17) is 0 Å². The summed E-state index contributed by atoms with van der Waals surface area (Å²) in [7, 11) is -3.09. The highest BCUT2D eigenvalue weighted by molar-refractivity contribution is 7.94. The Hall–Kier alpha value is -2.25. The molecule has 1 aliphatic heterocycles. The van der Waals surface area contributed by atoms with Crippen LogP contribution in [0.3, 0.4) is 0 Å². The number of thiophene rings is 1. The van der Waals surface area contributed by atoms with Crippen molar-refractivity contribution in [2.75, 3.05) is 11.1 Å². The van der Waals surface area contributed by atoms with Crippen LogP contribution in [0.15, 0.2) is 54.2 Å². The van der Waals surface area contributed by atoms with E-state index in [9.17, 15) is 8.42 Å². The number of sulfone groups is 1. The van der Waals surface area contributed by atoms with Gasteiger partial charge in [0.25, 0.3) is 0 Å². The van der Waals surface area contributed by atoms with Crippen LogP contribution in [-0.2, 0) is 9.84 Å². The monoisotopic (exact) mass is 343 g/mol. The van der Waals surface area contributed by atoms with Crippen molar-refractivity contribution >= 4 is 37.2 Å². The van der Waals surface area contributed by atoms with Gasteiger partial charge in [0, 0.05) is 10.3 Å². The molecule has 1 N–H and O–H groups in total. The van der Waals surface area contributed by atoms with Crippen LogP contribution in [0.1, 0.15) is 0 Å². The van der Waals surface area contributed by atoms with Gasteiger partial charge < -0.3 is 5.32 Å². The second kappa shape index (κ2) is 5.43. The summed E-state index contributed by atoms with van der Waals surface area (Å²) >= 11 is 1.59. The Morgan fingerprint density at radius 3 is 2.74 bits per heavy atom. The summed E-state index contributed by atoms with van der Waals surface area (Å²) in [4.78, 5) is 10.6. The molecular weight excluding hydrogens is 330 g/mol. The highest BCUT2D eigenvalue weighted by Gasteiger charge is 2.22. The van der Waals surface area contributed by atoms with Crippen LogP contribution in [0, 0.1) is 0 Å². The van der Waals surface area contributed by atoms with Gasteiger partial charge in [-0.2, -0.15) is 0 Å². The summed E-state index contributed by atoms with van der Waals surface area (Å²) < 4.78 is 23.1. The van der Waals surface area contributed by atoms with E-state index in [1.807, 2.05) is 24.3 Å². The van der Waals surface area contributed by atoms with Crippen molar-refractivity contribution in [2.45, 2.75) is 6.04 Å². The van der Waals surface area contributed by atoms with Gasteiger partial charge in [-0.1, -0.05) is 30.3 Å². The lowest BCUT2D eigenvalue weighted by molar-refractivity contribution is 0.605. The van der Waals surface area contributed by atoms with Gasteiger partial charge in [0.2, 0.25) is 0 Å². The summed E-state index contributed by atoms with van der Waals surface area (Å²) in [5.74, 6) is 0.731. The van der Waals surface area contributed by atoms with E-state index >= 15 is 0 Å². The SMILES string of the molecule is O=S1(=O)C=CC(Nc2ncnc3sc(-c4ccccc4)cc23)C1. The second-order valence-electron chi connectivity index (χ2n) is 5.33. The fourth-order valence-corrected chi connectivity index (χ4v) is 4.80. The molecule has 0 fully saturated rings. The Morgan fingerprint density at radius 2 is 2.00 bits per heavy atom. The summed E-state index contributed by atoms with van der Waals surface area (Å²) in [5, 5.41) is 5.36. The van der Waals surface area contributed by atoms with Crippen molar-refractivity contribution in [3.63, 3.8) is 0 Å². The van der Waals surface area contributed by atoms with Crippen molar-refractivity contribution in [1.29, 1.82) is 0 Å². The van der Waals surface area contributed by atoms with Gasteiger partial charge in [-0.05, 0) is 17.7 Å². The Balaban J connectivity index is 1.71. The number of nitrogens with one attached hydrogen (secondary N) is 1. The van der Waals surface area contributed by atoms with Gasteiger partial charge in [0.1, 0.15) is 17.0 Å². The van der Waals surface area contributed by atoms with E-state index in [1.165, 1.54) is 11.7 Å². The normalized spacial score (nSPS) is 19.2. The van der Waals surface area contributed by atoms with Gasteiger partial charge in [0.05, 0.1) is 17.2 Å². The van der Waals surface area contributed by atoms with Crippen LogP contribution in [0.5, 0.6) is 0 Å². The first-order chi connectivity index (χ1) is 11.1.